The van der Waals surface area contributed by atoms with Gasteiger partial charge in [0, 0.05) is 24.2 Å². The molecule has 0 fully saturated rings. The minimum Gasteiger partial charge on any atom is -0.366 e. The maximum atomic E-state index is 12.0. The molecule has 0 aliphatic carbocycles. The molecule has 2 aromatic carbocycles. The number of nitrogens with zero attached hydrogens (tertiary/aromatic N) is 1. The summed E-state index contributed by atoms with van der Waals surface area (Å²) in [6.45, 7) is 2.84. The number of hydrogen-bond donors (Lipinski definition) is 2. The zero-order chi connectivity index (χ0) is 20.8. The van der Waals surface area contributed by atoms with Crippen LogP contribution < -0.4 is 5.73 Å². The van der Waals surface area contributed by atoms with Gasteiger partial charge in [0.1, 0.15) is 0 Å². The normalized spacial score (nSPS) is 15.4. The van der Waals surface area contributed by atoms with E-state index < -0.39 is 15.9 Å². The van der Waals surface area contributed by atoms with Crippen molar-refractivity contribution in [3.63, 3.8) is 0 Å². The van der Waals surface area contributed by atoms with Gasteiger partial charge >= 0.3 is 0 Å². The number of aromatic amines is 1. The van der Waals surface area contributed by atoms with Gasteiger partial charge in [-0.15, -0.1) is 0 Å². The number of aryl methyl sites for hydroxylation is 1. The third-order valence-electron chi connectivity index (χ3n) is 5.48. The van der Waals surface area contributed by atoms with Crippen LogP contribution in [-0.4, -0.2) is 43.0 Å². The van der Waals surface area contributed by atoms with Crippen LogP contribution in [0.3, 0.4) is 0 Å². The number of nitrogens with one attached hydrogen (secondary N) is 1. The number of sulfonamides is 1. The molecule has 0 radical (unpaired) electrons. The zero-order valence-corrected chi connectivity index (χ0v) is 17.2. The third kappa shape index (κ3) is 3.59. The largest absolute Gasteiger partial charge is 0.366 e. The Labute approximate surface area is 170 Å². The molecule has 0 spiro atoms. The number of primary amides is 1. The summed E-state index contributed by atoms with van der Waals surface area (Å²) in [5.74, 6) is -0.486. The van der Waals surface area contributed by atoms with Crippen LogP contribution in [0.25, 0.3) is 27.6 Å². The maximum absolute atomic E-state index is 12.0. The minimum absolute atomic E-state index is 0.344. The molecule has 7 heteroatoms. The summed E-state index contributed by atoms with van der Waals surface area (Å²) in [7, 11) is -3.20. The number of rotatable bonds is 4. The van der Waals surface area contributed by atoms with Crippen LogP contribution in [-0.2, 0) is 10.0 Å². The van der Waals surface area contributed by atoms with E-state index in [4.69, 9.17) is 5.73 Å². The second-order valence-corrected chi connectivity index (χ2v) is 9.39. The van der Waals surface area contributed by atoms with Gasteiger partial charge in [0.25, 0.3) is 5.91 Å². The van der Waals surface area contributed by atoms with Gasteiger partial charge in [0.05, 0.1) is 17.3 Å². The fraction of sp³-hybridized carbons (Fsp3) is 0.227. The first-order chi connectivity index (χ1) is 13.8. The van der Waals surface area contributed by atoms with Gasteiger partial charge in [-0.3, -0.25) is 4.79 Å². The highest BCUT2D eigenvalue weighted by Gasteiger charge is 2.22. The van der Waals surface area contributed by atoms with Crippen molar-refractivity contribution in [1.29, 1.82) is 0 Å². The van der Waals surface area contributed by atoms with E-state index in [1.54, 1.807) is 6.07 Å². The molecule has 0 saturated heterocycles. The Bertz CT molecular complexity index is 1260. The summed E-state index contributed by atoms with van der Waals surface area (Å²) in [6, 6.07) is 13.8. The van der Waals surface area contributed by atoms with Gasteiger partial charge in [0.2, 0.25) is 10.0 Å². The Hall–Kier alpha value is -2.90. The Morgan fingerprint density at radius 3 is 2.52 bits per heavy atom. The molecule has 1 aromatic heterocycles. The first-order valence-electron chi connectivity index (χ1n) is 9.42. The molecule has 150 valence electrons. The molecule has 2 heterocycles. The lowest BCUT2D eigenvalue weighted by atomic mass is 9.95. The molecule has 3 N–H and O–H groups in total. The number of H-pyrrole nitrogens is 1. The SMILES string of the molecule is Cc1ccccc1-c1ccc(C(N)=O)c2[nH]c(C3=CCN(S(C)(=O)=O)CC3)cc12. The number of carbonyl (C=O) groups is 1. The first-order valence-corrected chi connectivity index (χ1v) is 11.3. The molecule has 0 saturated carbocycles. The van der Waals surface area contributed by atoms with Crippen LogP contribution in [0.2, 0.25) is 0 Å². The van der Waals surface area contributed by atoms with E-state index in [1.165, 1.54) is 10.6 Å². The fourth-order valence-corrected chi connectivity index (χ4v) is 4.67. The molecule has 6 nitrogen and oxygen atoms in total. The van der Waals surface area contributed by atoms with Crippen molar-refractivity contribution in [1.82, 2.24) is 9.29 Å². The lowest BCUT2D eigenvalue weighted by Gasteiger charge is -2.23. The summed E-state index contributed by atoms with van der Waals surface area (Å²) in [6.07, 6.45) is 3.75. The molecule has 0 atom stereocenters. The van der Waals surface area contributed by atoms with Gasteiger partial charge < -0.3 is 10.7 Å². The minimum atomic E-state index is -3.20. The molecule has 0 unspecified atom stereocenters. The maximum Gasteiger partial charge on any atom is 0.250 e. The van der Waals surface area contributed by atoms with E-state index in [2.05, 4.69) is 24.0 Å². The van der Waals surface area contributed by atoms with Crippen LogP contribution in [0.5, 0.6) is 0 Å². The Kier molecular flexibility index (Phi) is 4.80. The molecule has 1 aliphatic heterocycles. The van der Waals surface area contributed by atoms with E-state index in [0.717, 1.165) is 33.3 Å². The highest BCUT2D eigenvalue weighted by molar-refractivity contribution is 7.88. The topological polar surface area (TPSA) is 96.3 Å². The van der Waals surface area contributed by atoms with E-state index >= 15 is 0 Å². The fourth-order valence-electron chi connectivity index (χ4n) is 3.90. The number of carbonyl (C=O) groups excluding carboxylic acids is 1. The van der Waals surface area contributed by atoms with Crippen molar-refractivity contribution in [2.45, 2.75) is 13.3 Å². The van der Waals surface area contributed by atoms with Crippen molar-refractivity contribution < 1.29 is 13.2 Å². The molecule has 1 aliphatic rings. The number of fused-ring (bicyclic) bond motifs is 1. The summed E-state index contributed by atoms with van der Waals surface area (Å²) in [5, 5.41) is 0.928. The summed E-state index contributed by atoms with van der Waals surface area (Å²) in [4.78, 5) is 15.3. The van der Waals surface area contributed by atoms with E-state index in [1.807, 2.05) is 30.3 Å². The van der Waals surface area contributed by atoms with Crippen LogP contribution >= 0.6 is 0 Å². The quantitative estimate of drug-likeness (QED) is 0.692. The smallest absolute Gasteiger partial charge is 0.250 e. The van der Waals surface area contributed by atoms with Gasteiger partial charge in [-0.2, -0.15) is 4.31 Å². The Morgan fingerprint density at radius 2 is 1.90 bits per heavy atom. The molecule has 0 bridgehead atoms. The number of aromatic nitrogens is 1. The van der Waals surface area contributed by atoms with Crippen LogP contribution in [0.15, 0.2) is 48.5 Å². The van der Waals surface area contributed by atoms with Gasteiger partial charge in [-0.05, 0) is 47.7 Å². The molecular weight excluding hydrogens is 386 g/mol. The molecular formula is C22H23N3O3S. The first kappa shape index (κ1) is 19.4. The number of amides is 1. The summed E-state index contributed by atoms with van der Waals surface area (Å²) in [5.41, 5.74) is 11.9. The average molecular weight is 410 g/mol. The number of hydrogen-bond acceptors (Lipinski definition) is 3. The molecule has 3 aromatic rings. The average Bonchev–Trinajstić information content (AvgIpc) is 3.12. The second kappa shape index (κ2) is 7.17. The van der Waals surface area contributed by atoms with Crippen molar-refractivity contribution >= 4 is 32.4 Å². The molecule has 1 amide bonds. The van der Waals surface area contributed by atoms with Crippen molar-refractivity contribution in [2.75, 3.05) is 19.3 Å². The van der Waals surface area contributed by atoms with E-state index in [9.17, 15) is 13.2 Å². The van der Waals surface area contributed by atoms with Crippen molar-refractivity contribution in [3.8, 4) is 11.1 Å². The third-order valence-corrected chi connectivity index (χ3v) is 6.75. The van der Waals surface area contributed by atoms with E-state index in [-0.39, 0.29) is 0 Å². The lowest BCUT2D eigenvalue weighted by Crippen LogP contribution is -2.33. The second-order valence-electron chi connectivity index (χ2n) is 7.41. The van der Waals surface area contributed by atoms with Crippen molar-refractivity contribution in [2.24, 2.45) is 5.73 Å². The van der Waals surface area contributed by atoms with E-state index in [0.29, 0.717) is 30.6 Å². The Balaban J connectivity index is 1.85. The van der Waals surface area contributed by atoms with Gasteiger partial charge in [-0.25, -0.2) is 8.42 Å². The molecule has 29 heavy (non-hydrogen) atoms. The predicted molar refractivity (Wildman–Crippen MR) is 116 cm³/mol. The lowest BCUT2D eigenvalue weighted by molar-refractivity contribution is 0.100. The monoisotopic (exact) mass is 409 g/mol. The van der Waals surface area contributed by atoms with Crippen LogP contribution in [0, 0.1) is 6.92 Å². The number of nitrogens with two attached hydrogens (primary N) is 1. The predicted octanol–water partition coefficient (Wildman–Crippen LogP) is 3.29. The van der Waals surface area contributed by atoms with Crippen LogP contribution in [0.4, 0.5) is 0 Å². The summed E-state index contributed by atoms with van der Waals surface area (Å²) >= 11 is 0. The molecule has 4 rings (SSSR count). The standard InChI is InChI=1S/C22H23N3O3S/c1-14-5-3-4-6-16(14)17-7-8-18(22(23)26)21-19(17)13-20(24-21)15-9-11-25(12-10-15)29(2,27)28/h3-9,13,24H,10-12H2,1-2H3,(H2,23,26). The zero-order valence-electron chi connectivity index (χ0n) is 16.4. The highest BCUT2D eigenvalue weighted by Crippen LogP contribution is 2.35. The number of benzene rings is 2. The summed E-state index contributed by atoms with van der Waals surface area (Å²) < 4.78 is 25.0. The van der Waals surface area contributed by atoms with Crippen molar-refractivity contribution in [3.05, 3.63) is 65.4 Å². The van der Waals surface area contributed by atoms with Gasteiger partial charge in [-0.1, -0.05) is 36.4 Å². The van der Waals surface area contributed by atoms with Gasteiger partial charge in [0.15, 0.2) is 0 Å². The highest BCUT2D eigenvalue weighted by atomic mass is 32.2. The Morgan fingerprint density at radius 1 is 1.14 bits per heavy atom. The van der Waals surface area contributed by atoms with Crippen LogP contribution in [0.1, 0.15) is 28.0 Å².